The molecule has 2 amide bonds. The number of carbonyl (C=O) groups is 4. The van der Waals surface area contributed by atoms with Crippen molar-refractivity contribution in [3.05, 3.63) is 99.5 Å². The van der Waals surface area contributed by atoms with Gasteiger partial charge >= 0.3 is 0 Å². The zero-order chi connectivity index (χ0) is 42.9. The van der Waals surface area contributed by atoms with Crippen molar-refractivity contribution in [3.63, 3.8) is 0 Å². The molecule has 0 bridgehead atoms. The number of nitrogens with zero attached hydrogens (tertiary/aromatic N) is 2. The number of fused-ring (bicyclic) bond motifs is 2. The minimum atomic E-state index is -0.0220. The molecule has 4 aliphatic rings. The number of H-pyrrole nitrogens is 1. The number of aromatic amines is 1. The Balaban J connectivity index is 0.000000196. The Hall–Kier alpha value is -4.33. The van der Waals surface area contributed by atoms with Crippen LogP contribution >= 0.6 is 0 Å². The molecule has 3 aromatic rings. The molecule has 2 atom stereocenters. The summed E-state index contributed by atoms with van der Waals surface area (Å²) in [6.07, 6.45) is 10.6. The third-order valence-corrected chi connectivity index (χ3v) is 11.5. The van der Waals surface area contributed by atoms with E-state index < -0.39 is 0 Å². The molecule has 2 aromatic carbocycles. The number of piperidine rings is 1. The molecule has 2 unspecified atom stereocenters. The van der Waals surface area contributed by atoms with Crippen LogP contribution in [0.25, 0.3) is 0 Å². The van der Waals surface area contributed by atoms with Gasteiger partial charge in [0.15, 0.2) is 0 Å². The van der Waals surface area contributed by atoms with Gasteiger partial charge in [-0.15, -0.1) is 0 Å². The molecule has 7 rings (SSSR count). The van der Waals surface area contributed by atoms with Crippen molar-refractivity contribution < 1.29 is 19.2 Å². The van der Waals surface area contributed by atoms with Crippen molar-refractivity contribution in [2.24, 2.45) is 17.8 Å². The number of aromatic nitrogens is 1. The lowest BCUT2D eigenvalue weighted by Gasteiger charge is -2.32. The summed E-state index contributed by atoms with van der Waals surface area (Å²) in [5, 5.41) is 0. The van der Waals surface area contributed by atoms with Crippen LogP contribution in [0.4, 0.5) is 5.69 Å². The first-order chi connectivity index (χ1) is 27.5. The lowest BCUT2D eigenvalue weighted by Crippen LogP contribution is -2.40. The third-order valence-electron chi connectivity index (χ3n) is 11.5. The van der Waals surface area contributed by atoms with Crippen LogP contribution < -0.4 is 10.5 Å². The summed E-state index contributed by atoms with van der Waals surface area (Å²) in [4.78, 5) is 63.3. The molecule has 318 valence electrons. The summed E-state index contributed by atoms with van der Waals surface area (Å²) in [6.45, 7) is 21.9. The fraction of sp³-hybridized carbons (Fsp3) is 0.580. The Morgan fingerprint density at radius 2 is 1.19 bits per heavy atom. The van der Waals surface area contributed by atoms with Gasteiger partial charge in [0.05, 0.1) is 0 Å². The normalized spacial score (nSPS) is 18.9. The average molecular weight is 796 g/mol. The number of likely N-dealkylation sites (tertiary alicyclic amines) is 1. The summed E-state index contributed by atoms with van der Waals surface area (Å²) >= 11 is 0. The van der Waals surface area contributed by atoms with Crippen molar-refractivity contribution in [1.29, 1.82) is 0 Å². The number of para-hydroxylation sites is 1. The van der Waals surface area contributed by atoms with Gasteiger partial charge in [0.2, 0.25) is 17.4 Å². The van der Waals surface area contributed by atoms with Gasteiger partial charge in [0.1, 0.15) is 11.6 Å². The van der Waals surface area contributed by atoms with Crippen LogP contribution in [0.2, 0.25) is 0 Å². The monoisotopic (exact) mass is 796 g/mol. The number of hydrogen-bond donors (Lipinski definition) is 1. The number of carbonyl (C=O) groups excluding carboxylic acids is 4. The standard InChI is InChI=1S/C13H16O.C12H15NO.C9H16O.C8H15NO.C8H11NO/c2*1-9(2)13-11-6-4-3-5-10(11)7-8-12(13)14;1-7(2)8-5-3-4-6-9(8)10;1-7(2)9-6-4-3-5-8(9)10;1-6(2)7-4-3-5-8(10)9-7/h3-6,9,13H,7-8H2,1-2H3;3-6,9H,7-8H2,1-2H3;7-8H,3-6H2,1-2H3;7H,3-6H2,1-2H3;3-6H,1-2H3,(H,9,10). The molecule has 1 saturated carbocycles. The first kappa shape index (κ1) is 48.0. The van der Waals surface area contributed by atoms with E-state index in [0.29, 0.717) is 53.6 Å². The van der Waals surface area contributed by atoms with Gasteiger partial charge in [0.25, 0.3) is 0 Å². The zero-order valence-electron chi connectivity index (χ0n) is 37.3. The fourth-order valence-corrected chi connectivity index (χ4v) is 8.29. The highest BCUT2D eigenvalue weighted by molar-refractivity contribution is 5.96. The first-order valence-electron chi connectivity index (χ1n) is 22.0. The predicted molar refractivity (Wildman–Crippen MR) is 238 cm³/mol. The van der Waals surface area contributed by atoms with Crippen molar-refractivity contribution in [1.82, 2.24) is 9.88 Å². The maximum Gasteiger partial charge on any atom is 0.248 e. The Morgan fingerprint density at radius 3 is 1.72 bits per heavy atom. The third kappa shape index (κ3) is 14.5. The lowest BCUT2D eigenvalue weighted by molar-refractivity contribution is -0.135. The number of rotatable bonds is 5. The zero-order valence-corrected chi connectivity index (χ0v) is 37.3. The maximum atomic E-state index is 11.8. The van der Waals surface area contributed by atoms with E-state index in [1.807, 2.05) is 54.0 Å². The van der Waals surface area contributed by atoms with E-state index in [4.69, 9.17) is 0 Å². The molecule has 1 aromatic heterocycles. The largest absolute Gasteiger partial charge is 0.340 e. The van der Waals surface area contributed by atoms with E-state index in [1.54, 1.807) is 6.07 Å². The lowest BCUT2D eigenvalue weighted by atomic mass is 9.76. The first-order valence-corrected chi connectivity index (χ1v) is 22.0. The molecule has 1 saturated heterocycles. The Bertz CT molecular complexity index is 1720. The van der Waals surface area contributed by atoms with E-state index in [-0.39, 0.29) is 23.4 Å². The molecule has 58 heavy (non-hydrogen) atoms. The number of nitrogens with one attached hydrogen (secondary N) is 1. The Morgan fingerprint density at radius 1 is 0.552 bits per heavy atom. The van der Waals surface area contributed by atoms with Crippen LogP contribution in [-0.2, 0) is 32.0 Å². The quantitative estimate of drug-likeness (QED) is 0.277. The van der Waals surface area contributed by atoms with Crippen molar-refractivity contribution >= 4 is 29.1 Å². The average Bonchev–Trinajstić information content (AvgIpc) is 3.18. The van der Waals surface area contributed by atoms with E-state index in [1.165, 1.54) is 35.6 Å². The molecule has 8 heteroatoms. The van der Waals surface area contributed by atoms with Crippen LogP contribution in [0.3, 0.4) is 0 Å². The van der Waals surface area contributed by atoms with E-state index >= 15 is 0 Å². The van der Waals surface area contributed by atoms with Crippen LogP contribution in [0.15, 0.2) is 71.5 Å². The Kier molecular flexibility index (Phi) is 19.8. The van der Waals surface area contributed by atoms with Crippen LogP contribution in [0.5, 0.6) is 0 Å². The van der Waals surface area contributed by atoms with Crippen molar-refractivity contribution in [2.45, 2.75) is 164 Å². The molecule has 2 fully saturated rings. The summed E-state index contributed by atoms with van der Waals surface area (Å²) in [7, 11) is 0. The van der Waals surface area contributed by atoms with E-state index in [2.05, 4.69) is 84.6 Å². The molecular weight excluding hydrogens is 723 g/mol. The van der Waals surface area contributed by atoms with Gasteiger partial charge in [-0.2, -0.15) is 0 Å². The SMILES string of the molecule is CC(C)C1C(=O)CCc2ccccc21.CC(C)C1CCCCC1=O.CC(C)N1C(=O)CCc2ccccc21.CC(C)N1CCCCC1=O.CC(C)c1cccc(=O)[nH]1. The van der Waals surface area contributed by atoms with E-state index in [9.17, 15) is 24.0 Å². The fourth-order valence-electron chi connectivity index (χ4n) is 8.29. The van der Waals surface area contributed by atoms with Gasteiger partial charge < -0.3 is 14.8 Å². The molecule has 2 aliphatic heterocycles. The van der Waals surface area contributed by atoms with Gasteiger partial charge in [-0.3, -0.25) is 24.0 Å². The molecule has 8 nitrogen and oxygen atoms in total. The van der Waals surface area contributed by atoms with Crippen molar-refractivity contribution in [3.8, 4) is 0 Å². The Labute approximate surface area is 349 Å². The molecule has 3 heterocycles. The van der Waals surface area contributed by atoms with Crippen LogP contribution in [0.1, 0.15) is 161 Å². The highest BCUT2D eigenvalue weighted by Gasteiger charge is 2.29. The number of anilines is 1. The molecule has 1 N–H and O–H groups in total. The molecular formula is C50H73N3O5. The number of amides is 2. The number of hydrogen-bond acceptors (Lipinski definition) is 5. The number of benzene rings is 2. The van der Waals surface area contributed by atoms with E-state index in [0.717, 1.165) is 69.3 Å². The molecule has 0 radical (unpaired) electrons. The molecule has 0 spiro atoms. The number of aryl methyl sites for hydroxylation is 2. The highest BCUT2D eigenvalue weighted by Crippen LogP contribution is 2.34. The van der Waals surface area contributed by atoms with Crippen LogP contribution in [-0.4, -0.2) is 51.9 Å². The van der Waals surface area contributed by atoms with Gasteiger partial charge in [-0.05, 0) is 113 Å². The number of ketones is 2. The van der Waals surface area contributed by atoms with Gasteiger partial charge in [-0.25, -0.2) is 0 Å². The maximum absolute atomic E-state index is 11.8. The summed E-state index contributed by atoms with van der Waals surface area (Å²) in [6, 6.07) is 22.4. The topological polar surface area (TPSA) is 108 Å². The smallest absolute Gasteiger partial charge is 0.248 e. The summed E-state index contributed by atoms with van der Waals surface area (Å²) < 4.78 is 0. The number of pyridine rings is 1. The minimum Gasteiger partial charge on any atom is -0.340 e. The number of Topliss-reactive ketones (excluding diaryl/α,β-unsaturated/α-hetero) is 2. The summed E-state index contributed by atoms with van der Waals surface area (Å²) in [5.41, 5.74) is 5.99. The second-order valence-electron chi connectivity index (χ2n) is 17.7. The minimum absolute atomic E-state index is 0.0220. The van der Waals surface area contributed by atoms with Gasteiger partial charge in [-0.1, -0.05) is 96.5 Å². The predicted octanol–water partition coefficient (Wildman–Crippen LogP) is 10.6. The van der Waals surface area contributed by atoms with Gasteiger partial charge in [0, 0.05) is 73.6 Å². The van der Waals surface area contributed by atoms with Crippen LogP contribution in [0, 0.1) is 17.8 Å². The summed E-state index contributed by atoms with van der Waals surface area (Å²) in [5.74, 6) is 3.40. The van der Waals surface area contributed by atoms with Crippen molar-refractivity contribution in [2.75, 3.05) is 11.4 Å². The molecule has 2 aliphatic carbocycles. The second kappa shape index (κ2) is 23.9. The second-order valence-corrected chi connectivity index (χ2v) is 17.7. The highest BCUT2D eigenvalue weighted by atomic mass is 16.2.